The molecule has 1 heterocycles. The van der Waals surface area contributed by atoms with Crippen molar-refractivity contribution in [3.05, 3.63) is 11.2 Å². The van der Waals surface area contributed by atoms with Crippen molar-refractivity contribution in [1.29, 1.82) is 0 Å². The Kier molecular flexibility index (Phi) is 4.26. The Morgan fingerprint density at radius 2 is 2.06 bits per heavy atom. The summed E-state index contributed by atoms with van der Waals surface area (Å²) < 4.78 is 36.5. The third-order valence-electron chi connectivity index (χ3n) is 1.65. The highest BCUT2D eigenvalue weighted by Gasteiger charge is 2.30. The predicted octanol–water partition coefficient (Wildman–Crippen LogP) is 2.85. The van der Waals surface area contributed by atoms with Crippen LogP contribution in [0.4, 0.5) is 19.0 Å². The second kappa shape index (κ2) is 5.09. The van der Waals surface area contributed by atoms with Gasteiger partial charge in [0.05, 0.1) is 0 Å². The van der Waals surface area contributed by atoms with Gasteiger partial charge in [0.15, 0.2) is 5.16 Å². The molecule has 1 aromatic rings. The van der Waals surface area contributed by atoms with Crippen LogP contribution in [0.5, 0.6) is 0 Å². The molecule has 90 valence electrons. The smallest absolute Gasteiger partial charge is 0.350 e. The molecule has 0 radical (unpaired) electrons. The molecule has 1 rings (SSSR count). The molecule has 0 unspecified atom stereocenters. The molecule has 16 heavy (non-hydrogen) atoms. The average Bonchev–Trinajstić information content (AvgIpc) is 2.14. The fourth-order valence-electron chi connectivity index (χ4n) is 1.02. The first kappa shape index (κ1) is 13.4. The van der Waals surface area contributed by atoms with Crippen LogP contribution in [0.3, 0.4) is 0 Å². The van der Waals surface area contributed by atoms with Crippen LogP contribution in [0.2, 0.25) is 5.15 Å². The van der Waals surface area contributed by atoms with Crippen molar-refractivity contribution < 1.29 is 13.2 Å². The minimum absolute atomic E-state index is 0.128. The van der Waals surface area contributed by atoms with Crippen LogP contribution in [0, 0.1) is 0 Å². The molecular formula is C8H9ClF3N3S. The van der Waals surface area contributed by atoms with Gasteiger partial charge < -0.3 is 4.90 Å². The molecule has 0 saturated carbocycles. The van der Waals surface area contributed by atoms with Crippen LogP contribution >= 0.6 is 23.4 Å². The Labute approximate surface area is 100 Å². The van der Waals surface area contributed by atoms with E-state index in [1.165, 1.54) is 24.9 Å². The van der Waals surface area contributed by atoms with Crippen LogP contribution in [0.15, 0.2) is 11.2 Å². The molecule has 3 nitrogen and oxygen atoms in total. The second-order valence-corrected chi connectivity index (χ2v) is 4.17. The highest BCUT2D eigenvalue weighted by atomic mass is 35.5. The van der Waals surface area contributed by atoms with Crippen LogP contribution in [-0.4, -0.2) is 36.0 Å². The lowest BCUT2D eigenvalue weighted by Crippen LogP contribution is -2.31. The van der Waals surface area contributed by atoms with E-state index in [1.807, 2.05) is 0 Å². The lowest BCUT2D eigenvalue weighted by atomic mass is 10.5. The zero-order chi connectivity index (χ0) is 12.3. The molecular weight excluding hydrogens is 263 g/mol. The van der Waals surface area contributed by atoms with Crippen LogP contribution in [-0.2, 0) is 0 Å². The van der Waals surface area contributed by atoms with Gasteiger partial charge in [0.25, 0.3) is 0 Å². The molecule has 0 amide bonds. The quantitative estimate of drug-likeness (QED) is 0.480. The van der Waals surface area contributed by atoms with Crippen molar-refractivity contribution in [3.8, 4) is 0 Å². The van der Waals surface area contributed by atoms with E-state index in [1.54, 1.807) is 6.26 Å². The molecule has 0 N–H and O–H groups in total. The molecule has 0 bridgehead atoms. The Balaban J connectivity index is 2.90. The maximum Gasteiger partial charge on any atom is 0.405 e. The first-order valence-corrected chi connectivity index (χ1v) is 5.78. The van der Waals surface area contributed by atoms with E-state index in [-0.39, 0.29) is 11.0 Å². The summed E-state index contributed by atoms with van der Waals surface area (Å²) in [5, 5.41) is 0.472. The molecule has 0 fully saturated rings. The van der Waals surface area contributed by atoms with E-state index in [9.17, 15) is 13.2 Å². The van der Waals surface area contributed by atoms with Gasteiger partial charge in [0.2, 0.25) is 0 Å². The van der Waals surface area contributed by atoms with E-state index in [4.69, 9.17) is 11.6 Å². The third kappa shape index (κ3) is 4.05. The molecule has 0 aliphatic heterocycles. The summed E-state index contributed by atoms with van der Waals surface area (Å²) in [6.45, 7) is -1.08. The number of halogens is 4. The van der Waals surface area contributed by atoms with E-state index in [0.717, 1.165) is 4.90 Å². The third-order valence-corrected chi connectivity index (χ3v) is 2.39. The molecule has 0 aromatic carbocycles. The summed E-state index contributed by atoms with van der Waals surface area (Å²) in [6.07, 6.45) is -2.55. The van der Waals surface area contributed by atoms with E-state index in [2.05, 4.69) is 9.97 Å². The van der Waals surface area contributed by atoms with E-state index >= 15 is 0 Å². The Morgan fingerprint density at radius 3 is 2.56 bits per heavy atom. The fourth-order valence-corrected chi connectivity index (χ4v) is 1.62. The topological polar surface area (TPSA) is 29.0 Å². The second-order valence-electron chi connectivity index (χ2n) is 3.01. The lowest BCUT2D eigenvalue weighted by molar-refractivity contribution is -0.119. The number of anilines is 1. The molecule has 8 heteroatoms. The van der Waals surface area contributed by atoms with Crippen molar-refractivity contribution in [2.45, 2.75) is 11.3 Å². The maximum absolute atomic E-state index is 12.2. The van der Waals surface area contributed by atoms with Gasteiger partial charge in [-0.3, -0.25) is 0 Å². The summed E-state index contributed by atoms with van der Waals surface area (Å²) >= 11 is 6.89. The van der Waals surface area contributed by atoms with Crippen LogP contribution in [0.25, 0.3) is 0 Å². The van der Waals surface area contributed by atoms with Gasteiger partial charge in [-0.15, -0.1) is 0 Å². The first-order chi connectivity index (χ1) is 7.31. The van der Waals surface area contributed by atoms with Gasteiger partial charge in [-0.2, -0.15) is 13.2 Å². The highest BCUT2D eigenvalue weighted by Crippen LogP contribution is 2.23. The summed E-state index contributed by atoms with van der Waals surface area (Å²) in [5.41, 5.74) is 0. The van der Waals surface area contributed by atoms with Gasteiger partial charge in [0.1, 0.15) is 17.5 Å². The van der Waals surface area contributed by atoms with Crippen molar-refractivity contribution in [2.24, 2.45) is 0 Å². The van der Waals surface area contributed by atoms with Gasteiger partial charge in [0, 0.05) is 13.1 Å². The number of alkyl halides is 3. The summed E-state index contributed by atoms with van der Waals surface area (Å²) in [7, 11) is 1.30. The molecule has 0 saturated heterocycles. The summed E-state index contributed by atoms with van der Waals surface area (Å²) in [6, 6.07) is 1.30. The lowest BCUT2D eigenvalue weighted by Gasteiger charge is -2.20. The van der Waals surface area contributed by atoms with Crippen LogP contribution < -0.4 is 4.90 Å². The number of aromatic nitrogens is 2. The molecule has 0 aliphatic rings. The molecule has 0 atom stereocenters. The van der Waals surface area contributed by atoms with E-state index < -0.39 is 12.7 Å². The van der Waals surface area contributed by atoms with Crippen molar-refractivity contribution >= 4 is 29.2 Å². The van der Waals surface area contributed by atoms with Gasteiger partial charge >= 0.3 is 6.18 Å². The fraction of sp³-hybridized carbons (Fsp3) is 0.500. The number of nitrogens with zero attached hydrogens (tertiary/aromatic N) is 3. The standard InChI is InChI=1S/C8H9ClF3N3S/c1-15(4-8(10,11)12)6-3-5(9)13-7(14-6)16-2/h3H,4H2,1-2H3. The number of hydrogen-bond acceptors (Lipinski definition) is 4. The minimum atomic E-state index is -4.27. The zero-order valence-corrected chi connectivity index (χ0v) is 10.1. The molecule has 1 aromatic heterocycles. The summed E-state index contributed by atoms with van der Waals surface area (Å²) in [4.78, 5) is 8.75. The summed E-state index contributed by atoms with van der Waals surface area (Å²) in [5.74, 6) is 0.154. The maximum atomic E-state index is 12.2. The van der Waals surface area contributed by atoms with E-state index in [0.29, 0.717) is 5.16 Å². The zero-order valence-electron chi connectivity index (χ0n) is 8.55. The first-order valence-electron chi connectivity index (χ1n) is 4.18. The monoisotopic (exact) mass is 271 g/mol. The highest BCUT2D eigenvalue weighted by molar-refractivity contribution is 7.98. The van der Waals surface area contributed by atoms with Crippen molar-refractivity contribution in [3.63, 3.8) is 0 Å². The number of hydrogen-bond donors (Lipinski definition) is 0. The Hall–Kier alpha value is -0.690. The normalized spacial score (nSPS) is 11.6. The van der Waals surface area contributed by atoms with Crippen molar-refractivity contribution in [2.75, 3.05) is 24.7 Å². The Morgan fingerprint density at radius 1 is 1.44 bits per heavy atom. The molecule has 0 spiro atoms. The van der Waals surface area contributed by atoms with Gasteiger partial charge in [-0.25, -0.2) is 9.97 Å². The Bertz CT molecular complexity index is 372. The average molecular weight is 272 g/mol. The predicted molar refractivity (Wildman–Crippen MR) is 58.1 cm³/mol. The molecule has 0 aliphatic carbocycles. The van der Waals surface area contributed by atoms with Crippen LogP contribution in [0.1, 0.15) is 0 Å². The van der Waals surface area contributed by atoms with Gasteiger partial charge in [-0.05, 0) is 6.26 Å². The number of rotatable bonds is 3. The largest absolute Gasteiger partial charge is 0.405 e. The number of thioether (sulfide) groups is 1. The van der Waals surface area contributed by atoms with Gasteiger partial charge in [-0.1, -0.05) is 23.4 Å². The van der Waals surface area contributed by atoms with Crippen molar-refractivity contribution in [1.82, 2.24) is 9.97 Å². The minimum Gasteiger partial charge on any atom is -0.350 e. The SMILES string of the molecule is CSc1nc(Cl)cc(N(C)CC(F)(F)F)n1.